The summed E-state index contributed by atoms with van der Waals surface area (Å²) in [4.78, 5) is 25.5. The van der Waals surface area contributed by atoms with Gasteiger partial charge in [-0.15, -0.1) is 0 Å². The van der Waals surface area contributed by atoms with Crippen LogP contribution < -0.4 is 20.9 Å². The fraction of sp³-hybridized carbons (Fsp3) is 0.238. The van der Waals surface area contributed by atoms with E-state index in [0.29, 0.717) is 50.4 Å². The van der Waals surface area contributed by atoms with Crippen molar-refractivity contribution < 1.29 is 10.1 Å². The monoisotopic (exact) mass is 472 g/mol. The van der Waals surface area contributed by atoms with Crippen LogP contribution >= 0.6 is 23.2 Å². The fourth-order valence-electron chi connectivity index (χ4n) is 3.51. The first kappa shape index (κ1) is 20.7. The standard InChI is InChI=1S/C21H19Cl2N7O2/c1-29-9-12(11-3-4-11)7-13(20(29)31)27-21-28-19-17(30(21)2)16(22)15(8-26-19)32-10-14-18(23)25-6-5-24-14/h5-11,24H,3-4H2,1-2H3,(H,26,27,28)/p+1/b14-10+. The Morgan fingerprint density at radius 1 is 1.31 bits per heavy atom. The summed E-state index contributed by atoms with van der Waals surface area (Å²) in [7, 11) is 3.55. The van der Waals surface area contributed by atoms with Crippen LogP contribution in [0.4, 0.5) is 11.6 Å². The molecule has 0 radical (unpaired) electrons. The zero-order valence-electron chi connectivity index (χ0n) is 17.3. The maximum absolute atomic E-state index is 12.6. The van der Waals surface area contributed by atoms with Gasteiger partial charge in [-0.05, 0) is 30.4 Å². The number of quaternary nitrogens is 1. The van der Waals surface area contributed by atoms with E-state index in [1.54, 1.807) is 40.9 Å². The molecule has 0 spiro atoms. The Morgan fingerprint density at radius 2 is 2.12 bits per heavy atom. The lowest BCUT2D eigenvalue weighted by Gasteiger charge is -2.10. The van der Waals surface area contributed by atoms with Crippen LogP contribution in [0.25, 0.3) is 11.2 Å². The summed E-state index contributed by atoms with van der Waals surface area (Å²) in [5, 5.41) is 5.59. The number of nitrogens with two attached hydrogens (primary N) is 1. The van der Waals surface area contributed by atoms with Gasteiger partial charge >= 0.3 is 0 Å². The maximum Gasteiger partial charge on any atom is 0.274 e. The van der Waals surface area contributed by atoms with Gasteiger partial charge in [0.2, 0.25) is 11.6 Å². The minimum atomic E-state index is -0.132. The van der Waals surface area contributed by atoms with Crippen LogP contribution in [0, 0.1) is 0 Å². The van der Waals surface area contributed by atoms with Crippen molar-refractivity contribution in [3.63, 3.8) is 0 Å². The number of allylic oxidation sites excluding steroid dienone is 1. The van der Waals surface area contributed by atoms with Crippen LogP contribution in [-0.2, 0) is 14.1 Å². The number of nitrogens with zero attached hydrogens (tertiary/aromatic N) is 5. The highest BCUT2D eigenvalue weighted by Crippen LogP contribution is 2.40. The second-order valence-corrected chi connectivity index (χ2v) is 8.46. The molecule has 0 amide bonds. The molecule has 5 rings (SSSR count). The van der Waals surface area contributed by atoms with Gasteiger partial charge in [0.15, 0.2) is 22.8 Å². The van der Waals surface area contributed by atoms with Crippen LogP contribution in [-0.4, -0.2) is 24.3 Å². The van der Waals surface area contributed by atoms with Crippen molar-refractivity contribution in [1.29, 1.82) is 0 Å². The molecule has 32 heavy (non-hydrogen) atoms. The molecule has 0 unspecified atom stereocenters. The highest BCUT2D eigenvalue weighted by molar-refractivity contribution is 6.69. The second kappa shape index (κ2) is 8.09. The molecule has 0 atom stereocenters. The van der Waals surface area contributed by atoms with E-state index >= 15 is 0 Å². The van der Waals surface area contributed by atoms with Gasteiger partial charge in [-0.25, -0.2) is 9.98 Å². The zero-order valence-corrected chi connectivity index (χ0v) is 18.9. The van der Waals surface area contributed by atoms with Crippen LogP contribution in [0.15, 0.2) is 52.6 Å². The summed E-state index contributed by atoms with van der Waals surface area (Å²) in [6.07, 6.45) is 10.5. The van der Waals surface area contributed by atoms with Crippen LogP contribution in [0.5, 0.6) is 5.75 Å². The summed E-state index contributed by atoms with van der Waals surface area (Å²) in [6.45, 7) is 0. The Hall–Kier alpha value is -3.14. The molecule has 0 bridgehead atoms. The molecular weight excluding hydrogens is 453 g/mol. The third-order valence-electron chi connectivity index (χ3n) is 5.41. The maximum atomic E-state index is 12.6. The molecular formula is C21H20Cl2N7O2+. The molecule has 1 aliphatic heterocycles. The fourth-order valence-corrected chi connectivity index (χ4v) is 3.98. The Labute approximate surface area is 193 Å². The molecule has 0 aromatic carbocycles. The molecule has 11 heteroatoms. The minimum Gasteiger partial charge on any atom is -0.455 e. The Morgan fingerprint density at radius 3 is 2.88 bits per heavy atom. The van der Waals surface area contributed by atoms with Gasteiger partial charge in [-0.2, -0.15) is 4.98 Å². The summed E-state index contributed by atoms with van der Waals surface area (Å²) >= 11 is 12.7. The number of hydrogen-bond acceptors (Lipinski definition) is 6. The van der Waals surface area contributed by atoms with Gasteiger partial charge in [0, 0.05) is 20.3 Å². The van der Waals surface area contributed by atoms with Gasteiger partial charge in [0.1, 0.15) is 22.4 Å². The molecule has 1 saturated carbocycles. The molecule has 3 aromatic heterocycles. The van der Waals surface area contributed by atoms with E-state index in [-0.39, 0.29) is 5.56 Å². The highest BCUT2D eigenvalue weighted by atomic mass is 35.5. The van der Waals surface area contributed by atoms with E-state index in [4.69, 9.17) is 27.9 Å². The SMILES string of the molecule is Cn1cc(C2CC2)cc(Nc2nc3ncc(O/C=C4/[NH2+]C=CN=C4Cl)c(Cl)c3n2C)c1=O. The lowest BCUT2D eigenvalue weighted by molar-refractivity contribution is -0.527. The smallest absolute Gasteiger partial charge is 0.274 e. The number of halogens is 2. The summed E-state index contributed by atoms with van der Waals surface area (Å²) in [6, 6.07) is 1.90. The number of aromatic nitrogens is 4. The van der Waals surface area contributed by atoms with Crippen molar-refractivity contribution in [2.45, 2.75) is 18.8 Å². The van der Waals surface area contributed by atoms with Gasteiger partial charge in [0.05, 0.1) is 12.4 Å². The van der Waals surface area contributed by atoms with E-state index in [2.05, 4.69) is 20.3 Å². The number of rotatable bonds is 5. The Bertz CT molecular complexity index is 1380. The first-order valence-corrected chi connectivity index (χ1v) is 10.8. The minimum absolute atomic E-state index is 0.132. The number of anilines is 2. The largest absolute Gasteiger partial charge is 0.455 e. The molecule has 0 saturated heterocycles. The van der Waals surface area contributed by atoms with Gasteiger partial charge < -0.3 is 19.2 Å². The zero-order chi connectivity index (χ0) is 22.4. The molecule has 3 aromatic rings. The van der Waals surface area contributed by atoms with Crippen molar-refractivity contribution in [1.82, 2.24) is 19.1 Å². The van der Waals surface area contributed by atoms with Crippen LogP contribution in [0.2, 0.25) is 5.02 Å². The number of hydrogen-bond donors (Lipinski definition) is 2. The van der Waals surface area contributed by atoms with Crippen molar-refractivity contribution in [3.05, 3.63) is 63.8 Å². The number of imidazole rings is 1. The van der Waals surface area contributed by atoms with Crippen molar-refractivity contribution in [3.8, 4) is 5.75 Å². The van der Waals surface area contributed by atoms with E-state index in [1.807, 2.05) is 12.3 Å². The molecule has 1 aliphatic carbocycles. The molecule has 9 nitrogen and oxygen atoms in total. The second-order valence-electron chi connectivity index (χ2n) is 7.72. The number of aliphatic imine (C=N–C) groups is 1. The van der Waals surface area contributed by atoms with Crippen LogP contribution in [0.1, 0.15) is 24.3 Å². The third-order valence-corrected chi connectivity index (χ3v) is 6.09. The van der Waals surface area contributed by atoms with Crippen molar-refractivity contribution in [2.75, 3.05) is 5.32 Å². The quantitative estimate of drug-likeness (QED) is 0.555. The van der Waals surface area contributed by atoms with Crippen LogP contribution in [0.3, 0.4) is 0 Å². The lowest BCUT2D eigenvalue weighted by atomic mass is 10.2. The number of nitrogens with one attached hydrogen (secondary N) is 1. The molecule has 164 valence electrons. The Balaban J connectivity index is 1.48. The summed E-state index contributed by atoms with van der Waals surface area (Å²) in [5.74, 6) is 1.32. The van der Waals surface area contributed by atoms with E-state index in [0.717, 1.165) is 18.4 Å². The average molecular weight is 473 g/mol. The van der Waals surface area contributed by atoms with Crippen molar-refractivity contribution >= 4 is 51.2 Å². The predicted octanol–water partition coefficient (Wildman–Crippen LogP) is 2.85. The molecule has 2 aliphatic rings. The van der Waals surface area contributed by atoms with Gasteiger partial charge in [-0.1, -0.05) is 23.2 Å². The van der Waals surface area contributed by atoms with E-state index < -0.39 is 0 Å². The number of pyridine rings is 2. The lowest BCUT2D eigenvalue weighted by Crippen LogP contribution is -2.77. The Kier molecular flexibility index (Phi) is 5.24. The first-order chi connectivity index (χ1) is 15.4. The van der Waals surface area contributed by atoms with Crippen molar-refractivity contribution in [2.24, 2.45) is 19.1 Å². The molecule has 1 fully saturated rings. The molecule has 4 heterocycles. The third kappa shape index (κ3) is 3.79. The first-order valence-electron chi connectivity index (χ1n) is 10.0. The predicted molar refractivity (Wildman–Crippen MR) is 124 cm³/mol. The number of aryl methyl sites for hydroxylation is 2. The van der Waals surface area contributed by atoms with E-state index in [1.165, 1.54) is 12.5 Å². The topological polar surface area (TPSA) is 103 Å². The number of ether oxygens (including phenoxy) is 1. The van der Waals surface area contributed by atoms with E-state index in [9.17, 15) is 4.79 Å². The molecule has 3 N–H and O–H groups in total. The highest BCUT2D eigenvalue weighted by Gasteiger charge is 2.25. The summed E-state index contributed by atoms with van der Waals surface area (Å²) < 4.78 is 9.06. The van der Waals surface area contributed by atoms with Gasteiger partial charge in [0.25, 0.3) is 5.56 Å². The number of fused-ring (bicyclic) bond motifs is 1. The average Bonchev–Trinajstić information content (AvgIpc) is 3.57. The summed E-state index contributed by atoms with van der Waals surface area (Å²) in [5.41, 5.74) is 3.10. The van der Waals surface area contributed by atoms with Gasteiger partial charge in [-0.3, -0.25) is 10.1 Å². The normalized spacial score (nSPS) is 17.1.